The number of hydrogen-bond donors (Lipinski definition) is 1. The fraction of sp³-hybridized carbons (Fsp3) is 0.458. The van der Waals surface area contributed by atoms with Crippen molar-refractivity contribution in [3.8, 4) is 5.75 Å². The zero-order valence-corrected chi connectivity index (χ0v) is 19.9. The summed E-state index contributed by atoms with van der Waals surface area (Å²) in [4.78, 5) is 15.1. The molecule has 2 aromatic carbocycles. The fourth-order valence-electron chi connectivity index (χ4n) is 3.93. The van der Waals surface area contributed by atoms with Crippen LogP contribution in [0, 0.1) is 5.92 Å². The average Bonchev–Trinajstić information content (AvgIpc) is 2.78. The van der Waals surface area contributed by atoms with Gasteiger partial charge in [0, 0.05) is 32.1 Å². The highest BCUT2D eigenvalue weighted by atomic mass is 32.2. The maximum atomic E-state index is 12.9. The van der Waals surface area contributed by atoms with Crippen LogP contribution < -0.4 is 10.1 Å². The van der Waals surface area contributed by atoms with Crippen molar-refractivity contribution in [3.05, 3.63) is 59.7 Å². The van der Waals surface area contributed by atoms with Crippen molar-refractivity contribution in [3.63, 3.8) is 0 Å². The van der Waals surface area contributed by atoms with E-state index in [-0.39, 0.29) is 16.7 Å². The Balaban J connectivity index is 1.54. The number of hydrogen-bond acceptors (Lipinski definition) is 5. The van der Waals surface area contributed by atoms with Crippen molar-refractivity contribution < 1.29 is 17.9 Å². The molecular weight excluding hydrogens is 426 g/mol. The van der Waals surface area contributed by atoms with E-state index in [1.54, 1.807) is 24.3 Å². The minimum atomic E-state index is -3.57. The highest BCUT2D eigenvalue weighted by Crippen LogP contribution is 2.25. The number of carbonyl (C=O) groups excluding carboxylic acids is 1. The van der Waals surface area contributed by atoms with Crippen molar-refractivity contribution in [2.45, 2.75) is 37.8 Å². The van der Waals surface area contributed by atoms with E-state index in [1.807, 2.05) is 39.2 Å². The number of amides is 1. The van der Waals surface area contributed by atoms with Gasteiger partial charge in [0.05, 0.1) is 11.5 Å². The molecule has 0 aliphatic carbocycles. The van der Waals surface area contributed by atoms with Gasteiger partial charge in [0.1, 0.15) is 5.75 Å². The zero-order valence-electron chi connectivity index (χ0n) is 19.1. The van der Waals surface area contributed by atoms with Gasteiger partial charge in [-0.05, 0) is 69.3 Å². The lowest BCUT2D eigenvalue weighted by atomic mass is 9.97. The molecule has 0 atom stereocenters. The minimum Gasteiger partial charge on any atom is -0.494 e. The SMILES string of the molecule is CCOc1ccc(S(=O)(=O)N2CCC(C(=O)NCc3ccccc3CN(C)C)CC2)cc1. The van der Waals surface area contributed by atoms with Crippen LogP contribution in [0.2, 0.25) is 0 Å². The Hall–Kier alpha value is -2.42. The van der Waals surface area contributed by atoms with Crippen LogP contribution in [0.1, 0.15) is 30.9 Å². The zero-order chi connectivity index (χ0) is 23.1. The van der Waals surface area contributed by atoms with Crippen molar-refractivity contribution in [1.29, 1.82) is 0 Å². The van der Waals surface area contributed by atoms with Gasteiger partial charge in [-0.2, -0.15) is 4.31 Å². The molecule has 0 aromatic heterocycles. The molecule has 1 aliphatic rings. The van der Waals surface area contributed by atoms with Gasteiger partial charge in [-0.15, -0.1) is 0 Å². The summed E-state index contributed by atoms with van der Waals surface area (Å²) in [7, 11) is 0.463. The minimum absolute atomic E-state index is 0.0113. The first-order valence-electron chi connectivity index (χ1n) is 11.0. The van der Waals surface area contributed by atoms with E-state index < -0.39 is 10.0 Å². The van der Waals surface area contributed by atoms with E-state index >= 15 is 0 Å². The molecular formula is C24H33N3O4S. The molecule has 1 amide bonds. The molecule has 1 fully saturated rings. The topological polar surface area (TPSA) is 79.0 Å². The van der Waals surface area contributed by atoms with E-state index in [1.165, 1.54) is 9.87 Å². The second kappa shape index (κ2) is 10.9. The van der Waals surface area contributed by atoms with E-state index in [2.05, 4.69) is 16.3 Å². The van der Waals surface area contributed by atoms with Crippen LogP contribution in [0.5, 0.6) is 5.75 Å². The Morgan fingerprint density at radius 3 is 2.28 bits per heavy atom. The van der Waals surface area contributed by atoms with E-state index in [4.69, 9.17) is 4.74 Å². The first-order valence-corrected chi connectivity index (χ1v) is 12.5. The predicted molar refractivity (Wildman–Crippen MR) is 125 cm³/mol. The van der Waals surface area contributed by atoms with Crippen LogP contribution in [0.4, 0.5) is 0 Å². The van der Waals surface area contributed by atoms with Crippen molar-refractivity contribution in [2.75, 3.05) is 33.8 Å². The molecule has 1 N–H and O–H groups in total. The maximum absolute atomic E-state index is 12.9. The van der Waals surface area contributed by atoms with E-state index in [9.17, 15) is 13.2 Å². The van der Waals surface area contributed by atoms with Gasteiger partial charge in [0.15, 0.2) is 0 Å². The van der Waals surface area contributed by atoms with E-state index in [0.717, 1.165) is 12.1 Å². The predicted octanol–water partition coefficient (Wildman–Crippen LogP) is 2.86. The van der Waals surface area contributed by atoms with Gasteiger partial charge < -0.3 is 15.0 Å². The van der Waals surface area contributed by atoms with Crippen molar-refractivity contribution in [2.24, 2.45) is 5.92 Å². The lowest BCUT2D eigenvalue weighted by molar-refractivity contribution is -0.126. The third-order valence-corrected chi connectivity index (χ3v) is 7.57. The Labute approximate surface area is 191 Å². The third kappa shape index (κ3) is 6.09. The number of benzene rings is 2. The van der Waals surface area contributed by atoms with Crippen LogP contribution in [-0.4, -0.2) is 57.3 Å². The molecule has 3 rings (SSSR count). The number of nitrogens with one attached hydrogen (secondary N) is 1. The molecule has 174 valence electrons. The standard InChI is InChI=1S/C24H33N3O4S/c1-4-31-22-9-11-23(12-10-22)32(29,30)27-15-13-19(14-16-27)24(28)25-17-20-7-5-6-8-21(20)18-26(2)3/h5-12,19H,4,13-18H2,1-3H3,(H,25,28). The summed E-state index contributed by atoms with van der Waals surface area (Å²) in [6.07, 6.45) is 1.03. The number of ether oxygens (including phenoxy) is 1. The molecule has 0 bridgehead atoms. The molecule has 32 heavy (non-hydrogen) atoms. The lowest BCUT2D eigenvalue weighted by Crippen LogP contribution is -2.42. The van der Waals surface area contributed by atoms with Gasteiger partial charge in [-0.3, -0.25) is 4.79 Å². The largest absolute Gasteiger partial charge is 0.494 e. The fourth-order valence-corrected chi connectivity index (χ4v) is 5.40. The van der Waals surface area contributed by atoms with Crippen LogP contribution in [0.3, 0.4) is 0 Å². The van der Waals surface area contributed by atoms with Crippen LogP contribution in [-0.2, 0) is 27.9 Å². The summed E-state index contributed by atoms with van der Waals surface area (Å²) >= 11 is 0. The number of piperidine rings is 1. The molecule has 0 unspecified atom stereocenters. The maximum Gasteiger partial charge on any atom is 0.243 e. The highest BCUT2D eigenvalue weighted by molar-refractivity contribution is 7.89. The molecule has 1 aliphatic heterocycles. The van der Waals surface area contributed by atoms with Gasteiger partial charge in [0.25, 0.3) is 0 Å². The molecule has 0 radical (unpaired) electrons. The van der Waals surface area contributed by atoms with E-state index in [0.29, 0.717) is 44.8 Å². The Morgan fingerprint density at radius 1 is 1.06 bits per heavy atom. The molecule has 7 nitrogen and oxygen atoms in total. The Morgan fingerprint density at radius 2 is 1.69 bits per heavy atom. The second-order valence-corrected chi connectivity index (χ2v) is 10.2. The summed E-state index contributed by atoms with van der Waals surface area (Å²) < 4.78 is 32.8. The molecule has 0 saturated carbocycles. The van der Waals surface area contributed by atoms with Gasteiger partial charge in [-0.25, -0.2) is 8.42 Å². The number of sulfonamides is 1. The summed E-state index contributed by atoms with van der Waals surface area (Å²) in [5.41, 5.74) is 2.29. The third-order valence-electron chi connectivity index (χ3n) is 5.66. The number of rotatable bonds is 9. The Kier molecular flexibility index (Phi) is 8.28. The summed E-state index contributed by atoms with van der Waals surface area (Å²) in [5, 5.41) is 3.05. The lowest BCUT2D eigenvalue weighted by Gasteiger charge is -2.30. The average molecular weight is 460 g/mol. The second-order valence-electron chi connectivity index (χ2n) is 8.31. The van der Waals surface area contributed by atoms with Crippen LogP contribution in [0.15, 0.2) is 53.4 Å². The van der Waals surface area contributed by atoms with Gasteiger partial charge >= 0.3 is 0 Å². The summed E-state index contributed by atoms with van der Waals surface area (Å²) in [6.45, 7) is 4.38. The normalized spacial score (nSPS) is 15.6. The molecule has 1 heterocycles. The van der Waals surface area contributed by atoms with Crippen LogP contribution >= 0.6 is 0 Å². The first kappa shape index (κ1) is 24.2. The molecule has 8 heteroatoms. The molecule has 2 aromatic rings. The number of nitrogens with zero attached hydrogens (tertiary/aromatic N) is 2. The highest BCUT2D eigenvalue weighted by Gasteiger charge is 2.32. The summed E-state index contributed by atoms with van der Waals surface area (Å²) in [6, 6.07) is 14.6. The van der Waals surface area contributed by atoms with Crippen molar-refractivity contribution in [1.82, 2.24) is 14.5 Å². The van der Waals surface area contributed by atoms with Crippen molar-refractivity contribution >= 4 is 15.9 Å². The first-order chi connectivity index (χ1) is 15.3. The molecule has 0 spiro atoms. The quantitative estimate of drug-likeness (QED) is 0.624. The van der Waals surface area contributed by atoms with Gasteiger partial charge in [0.2, 0.25) is 15.9 Å². The Bertz CT molecular complexity index is 998. The smallest absolute Gasteiger partial charge is 0.243 e. The summed E-state index contributed by atoms with van der Waals surface area (Å²) in [5.74, 6) is 0.458. The van der Waals surface area contributed by atoms with Crippen LogP contribution in [0.25, 0.3) is 0 Å². The monoisotopic (exact) mass is 459 g/mol. The number of carbonyl (C=O) groups is 1. The van der Waals surface area contributed by atoms with Gasteiger partial charge in [-0.1, -0.05) is 24.3 Å². The molecule has 1 saturated heterocycles.